The molecule has 1 aromatic heterocycles. The zero-order valence-electron chi connectivity index (χ0n) is 11.2. The summed E-state index contributed by atoms with van der Waals surface area (Å²) in [4.78, 5) is 2.53. The molecule has 1 saturated heterocycles. The van der Waals surface area contributed by atoms with E-state index in [1.165, 1.54) is 25.1 Å². The van der Waals surface area contributed by atoms with Gasteiger partial charge in [-0.05, 0) is 25.4 Å². The van der Waals surface area contributed by atoms with Crippen molar-refractivity contribution in [3.8, 4) is 0 Å². The van der Waals surface area contributed by atoms with Gasteiger partial charge in [-0.15, -0.1) is 0 Å². The number of nitrogens with one attached hydrogen (secondary N) is 1. The highest BCUT2D eigenvalue weighted by Gasteiger charge is 2.22. The van der Waals surface area contributed by atoms with Gasteiger partial charge >= 0.3 is 0 Å². The Hall–Kier alpha value is -0.870. The van der Waals surface area contributed by atoms with E-state index in [-0.39, 0.29) is 0 Å². The van der Waals surface area contributed by atoms with Crippen molar-refractivity contribution in [1.82, 2.24) is 20.0 Å². The van der Waals surface area contributed by atoms with Gasteiger partial charge in [-0.2, -0.15) is 5.10 Å². The molecule has 1 fully saturated rings. The van der Waals surface area contributed by atoms with Crippen molar-refractivity contribution in [2.75, 3.05) is 19.6 Å². The van der Waals surface area contributed by atoms with Crippen molar-refractivity contribution >= 4 is 0 Å². The number of rotatable bonds is 5. The topological polar surface area (TPSA) is 33.1 Å². The van der Waals surface area contributed by atoms with Crippen LogP contribution in [0.2, 0.25) is 0 Å². The Labute approximate surface area is 104 Å². The second-order valence-electron chi connectivity index (χ2n) is 5.48. The molecule has 17 heavy (non-hydrogen) atoms. The Morgan fingerprint density at radius 1 is 1.53 bits per heavy atom. The van der Waals surface area contributed by atoms with E-state index in [1.54, 1.807) is 0 Å². The summed E-state index contributed by atoms with van der Waals surface area (Å²) < 4.78 is 1.88. The standard InChI is InChI=1S/C13H24N4/c1-11(2)14-6-12-4-5-17(9-12)10-13-7-15-16(3)8-13/h7-8,11-12,14H,4-6,9-10H2,1-3H3. The zero-order chi connectivity index (χ0) is 12.3. The van der Waals surface area contributed by atoms with Crippen LogP contribution in [0.4, 0.5) is 0 Å². The number of hydrogen-bond acceptors (Lipinski definition) is 3. The highest BCUT2D eigenvalue weighted by atomic mass is 15.2. The second kappa shape index (κ2) is 5.65. The maximum absolute atomic E-state index is 4.21. The highest BCUT2D eigenvalue weighted by Crippen LogP contribution is 2.17. The lowest BCUT2D eigenvalue weighted by atomic mass is 10.1. The van der Waals surface area contributed by atoms with Crippen LogP contribution in [0, 0.1) is 5.92 Å². The molecule has 0 saturated carbocycles. The van der Waals surface area contributed by atoms with Crippen LogP contribution in [0.15, 0.2) is 12.4 Å². The largest absolute Gasteiger partial charge is 0.314 e. The molecule has 0 amide bonds. The van der Waals surface area contributed by atoms with Crippen molar-refractivity contribution in [2.45, 2.75) is 32.9 Å². The summed E-state index contributed by atoms with van der Waals surface area (Å²) in [6, 6.07) is 0.599. The summed E-state index contributed by atoms with van der Waals surface area (Å²) >= 11 is 0. The van der Waals surface area contributed by atoms with Gasteiger partial charge in [-0.25, -0.2) is 0 Å². The molecule has 0 bridgehead atoms. The third-order valence-corrected chi connectivity index (χ3v) is 3.35. The second-order valence-corrected chi connectivity index (χ2v) is 5.48. The number of nitrogens with zero attached hydrogens (tertiary/aromatic N) is 3. The molecule has 1 unspecified atom stereocenters. The van der Waals surface area contributed by atoms with E-state index in [2.05, 4.69) is 35.4 Å². The first kappa shape index (κ1) is 12.6. The molecule has 0 aromatic carbocycles. The number of aromatic nitrogens is 2. The molecular formula is C13H24N4. The van der Waals surface area contributed by atoms with Crippen LogP contribution >= 0.6 is 0 Å². The lowest BCUT2D eigenvalue weighted by Gasteiger charge is -2.16. The first-order valence-electron chi connectivity index (χ1n) is 6.56. The van der Waals surface area contributed by atoms with Crippen molar-refractivity contribution in [3.63, 3.8) is 0 Å². The van der Waals surface area contributed by atoms with Crippen molar-refractivity contribution in [1.29, 1.82) is 0 Å². The fourth-order valence-electron chi connectivity index (χ4n) is 2.44. The predicted molar refractivity (Wildman–Crippen MR) is 69.7 cm³/mol. The molecule has 0 radical (unpaired) electrons. The summed E-state index contributed by atoms with van der Waals surface area (Å²) in [6.07, 6.45) is 5.40. The Morgan fingerprint density at radius 3 is 3.00 bits per heavy atom. The van der Waals surface area contributed by atoms with Gasteiger partial charge in [0.1, 0.15) is 0 Å². The van der Waals surface area contributed by atoms with E-state index in [4.69, 9.17) is 0 Å². The lowest BCUT2D eigenvalue weighted by molar-refractivity contribution is 0.312. The first-order valence-corrected chi connectivity index (χ1v) is 6.56. The van der Waals surface area contributed by atoms with E-state index in [9.17, 15) is 0 Å². The fraction of sp³-hybridized carbons (Fsp3) is 0.769. The van der Waals surface area contributed by atoms with Gasteiger partial charge in [0.25, 0.3) is 0 Å². The molecule has 1 aromatic rings. The molecule has 1 aliphatic rings. The van der Waals surface area contributed by atoms with Crippen molar-refractivity contribution < 1.29 is 0 Å². The monoisotopic (exact) mass is 236 g/mol. The third kappa shape index (κ3) is 3.82. The normalized spacial score (nSPS) is 21.5. The number of aryl methyl sites for hydroxylation is 1. The summed E-state index contributed by atoms with van der Waals surface area (Å²) in [7, 11) is 1.98. The van der Waals surface area contributed by atoms with Gasteiger partial charge < -0.3 is 5.32 Å². The Bertz CT molecular complexity index is 345. The van der Waals surface area contributed by atoms with E-state index >= 15 is 0 Å². The van der Waals surface area contributed by atoms with E-state index in [0.29, 0.717) is 6.04 Å². The molecule has 1 N–H and O–H groups in total. The van der Waals surface area contributed by atoms with Gasteiger partial charge in [-0.1, -0.05) is 13.8 Å². The molecule has 2 heterocycles. The molecule has 4 heteroatoms. The maximum Gasteiger partial charge on any atom is 0.0534 e. The van der Waals surface area contributed by atoms with E-state index in [0.717, 1.165) is 19.0 Å². The fourth-order valence-corrected chi connectivity index (χ4v) is 2.44. The molecule has 0 aliphatic carbocycles. The Kier molecular flexibility index (Phi) is 4.18. The minimum Gasteiger partial charge on any atom is -0.314 e. The minimum absolute atomic E-state index is 0.599. The maximum atomic E-state index is 4.21. The van der Waals surface area contributed by atoms with Gasteiger partial charge in [-0.3, -0.25) is 9.58 Å². The van der Waals surface area contributed by atoms with Gasteiger partial charge in [0.05, 0.1) is 6.20 Å². The quantitative estimate of drug-likeness (QED) is 0.835. The summed E-state index contributed by atoms with van der Waals surface area (Å²) in [5.41, 5.74) is 1.32. The SMILES string of the molecule is CC(C)NCC1CCN(Cc2cnn(C)c2)C1. The van der Waals surface area contributed by atoms with Crippen LogP contribution < -0.4 is 5.32 Å². The minimum atomic E-state index is 0.599. The summed E-state index contributed by atoms with van der Waals surface area (Å²) in [5, 5.41) is 7.75. The zero-order valence-corrected chi connectivity index (χ0v) is 11.2. The van der Waals surface area contributed by atoms with E-state index in [1.807, 2.05) is 17.9 Å². The molecule has 4 nitrogen and oxygen atoms in total. The first-order chi connectivity index (χ1) is 8.13. The molecule has 1 aliphatic heterocycles. The molecule has 2 rings (SSSR count). The van der Waals surface area contributed by atoms with Crippen LogP contribution in [-0.4, -0.2) is 40.4 Å². The molecule has 96 valence electrons. The molecule has 1 atom stereocenters. The Morgan fingerprint density at radius 2 is 2.35 bits per heavy atom. The smallest absolute Gasteiger partial charge is 0.0534 e. The van der Waals surface area contributed by atoms with Gasteiger partial charge in [0.15, 0.2) is 0 Å². The van der Waals surface area contributed by atoms with Crippen molar-refractivity contribution in [2.24, 2.45) is 13.0 Å². The van der Waals surface area contributed by atoms with Crippen LogP contribution in [0.25, 0.3) is 0 Å². The highest BCUT2D eigenvalue weighted by molar-refractivity contribution is 5.03. The Balaban J connectivity index is 1.74. The third-order valence-electron chi connectivity index (χ3n) is 3.35. The number of hydrogen-bond donors (Lipinski definition) is 1. The summed E-state index contributed by atoms with van der Waals surface area (Å²) in [5.74, 6) is 0.814. The van der Waals surface area contributed by atoms with Crippen LogP contribution in [-0.2, 0) is 13.6 Å². The van der Waals surface area contributed by atoms with Crippen LogP contribution in [0.1, 0.15) is 25.8 Å². The molecule has 0 spiro atoms. The summed E-state index contributed by atoms with van der Waals surface area (Å²) in [6.45, 7) is 9.06. The average molecular weight is 236 g/mol. The van der Waals surface area contributed by atoms with Crippen LogP contribution in [0.3, 0.4) is 0 Å². The van der Waals surface area contributed by atoms with Crippen LogP contribution in [0.5, 0.6) is 0 Å². The van der Waals surface area contributed by atoms with Gasteiger partial charge in [0, 0.05) is 37.9 Å². The van der Waals surface area contributed by atoms with Gasteiger partial charge in [0.2, 0.25) is 0 Å². The number of likely N-dealkylation sites (tertiary alicyclic amines) is 1. The lowest BCUT2D eigenvalue weighted by Crippen LogP contribution is -2.30. The molecular weight excluding hydrogens is 212 g/mol. The average Bonchev–Trinajstić information content (AvgIpc) is 2.86. The predicted octanol–water partition coefficient (Wildman–Crippen LogP) is 1.24. The van der Waals surface area contributed by atoms with E-state index < -0.39 is 0 Å². The van der Waals surface area contributed by atoms with Crippen molar-refractivity contribution in [3.05, 3.63) is 18.0 Å².